The molecular formula is C20H21BrN4O2S. The molecule has 1 fully saturated rings. The number of carbonyl (C=O) groups is 1. The molecule has 1 aromatic carbocycles. The molecule has 0 saturated carbocycles. The standard InChI is InChI=1S/C20H21BrN4O2S/c1-13-4-2-3-5-16(13)20(26)22-15-6-8-25(9-7-15)11-18-23-19(24-27-18)17-10-14(21)12-28-17/h2-5,10,12,15H,6-9,11H2,1H3,(H,22,26). The highest BCUT2D eigenvalue weighted by molar-refractivity contribution is 9.10. The number of piperidine rings is 1. The van der Waals surface area contributed by atoms with Crippen LogP contribution in [0.2, 0.25) is 0 Å². The van der Waals surface area contributed by atoms with Crippen molar-refractivity contribution < 1.29 is 9.32 Å². The number of likely N-dealkylation sites (tertiary alicyclic amines) is 1. The van der Waals surface area contributed by atoms with E-state index in [0.29, 0.717) is 18.3 Å². The van der Waals surface area contributed by atoms with Crippen LogP contribution in [-0.2, 0) is 6.54 Å². The van der Waals surface area contributed by atoms with Gasteiger partial charge in [0, 0.05) is 34.5 Å². The lowest BCUT2D eigenvalue weighted by Gasteiger charge is -2.31. The normalized spacial score (nSPS) is 15.6. The summed E-state index contributed by atoms with van der Waals surface area (Å²) in [6.07, 6.45) is 1.83. The lowest BCUT2D eigenvalue weighted by atomic mass is 10.0. The summed E-state index contributed by atoms with van der Waals surface area (Å²) in [4.78, 5) is 20.3. The second-order valence-electron chi connectivity index (χ2n) is 6.98. The number of nitrogens with one attached hydrogen (secondary N) is 1. The maximum Gasteiger partial charge on any atom is 0.251 e. The molecule has 4 rings (SSSR count). The van der Waals surface area contributed by atoms with Crippen LogP contribution < -0.4 is 5.32 Å². The smallest absolute Gasteiger partial charge is 0.251 e. The number of rotatable bonds is 5. The van der Waals surface area contributed by atoms with Gasteiger partial charge in [-0.2, -0.15) is 4.98 Å². The van der Waals surface area contributed by atoms with E-state index in [4.69, 9.17) is 4.52 Å². The van der Waals surface area contributed by atoms with Gasteiger partial charge in [0.15, 0.2) is 0 Å². The number of halogens is 1. The number of benzene rings is 1. The van der Waals surface area contributed by atoms with Gasteiger partial charge in [-0.05, 0) is 53.4 Å². The SMILES string of the molecule is Cc1ccccc1C(=O)NC1CCN(Cc2nc(-c3cc(Br)cs3)no2)CC1. The molecule has 0 aliphatic carbocycles. The van der Waals surface area contributed by atoms with E-state index < -0.39 is 0 Å². The number of hydrogen-bond acceptors (Lipinski definition) is 6. The van der Waals surface area contributed by atoms with Gasteiger partial charge in [-0.25, -0.2) is 0 Å². The van der Waals surface area contributed by atoms with Gasteiger partial charge in [-0.15, -0.1) is 11.3 Å². The Hall–Kier alpha value is -2.03. The summed E-state index contributed by atoms with van der Waals surface area (Å²) in [5.41, 5.74) is 1.76. The first-order valence-electron chi connectivity index (χ1n) is 9.24. The fraction of sp³-hybridized carbons (Fsp3) is 0.350. The van der Waals surface area contributed by atoms with Crippen molar-refractivity contribution in [3.8, 4) is 10.7 Å². The Labute approximate surface area is 176 Å². The van der Waals surface area contributed by atoms with Crippen LogP contribution in [0.15, 0.2) is 44.7 Å². The Kier molecular flexibility index (Phi) is 5.89. The van der Waals surface area contributed by atoms with Crippen LogP contribution in [0.4, 0.5) is 0 Å². The summed E-state index contributed by atoms with van der Waals surface area (Å²) >= 11 is 5.02. The minimum atomic E-state index is 0.0141. The monoisotopic (exact) mass is 460 g/mol. The van der Waals surface area contributed by atoms with E-state index in [0.717, 1.165) is 46.4 Å². The van der Waals surface area contributed by atoms with E-state index in [2.05, 4.69) is 36.3 Å². The first kappa shape index (κ1) is 19.3. The quantitative estimate of drug-likeness (QED) is 0.615. The van der Waals surface area contributed by atoms with Crippen LogP contribution in [-0.4, -0.2) is 40.1 Å². The largest absolute Gasteiger partial charge is 0.349 e. The zero-order chi connectivity index (χ0) is 19.5. The highest BCUT2D eigenvalue weighted by Crippen LogP contribution is 2.28. The van der Waals surface area contributed by atoms with E-state index in [9.17, 15) is 4.79 Å². The molecule has 2 aromatic heterocycles. The van der Waals surface area contributed by atoms with Crippen LogP contribution >= 0.6 is 27.3 Å². The lowest BCUT2D eigenvalue weighted by Crippen LogP contribution is -2.44. The van der Waals surface area contributed by atoms with Crippen molar-refractivity contribution in [2.75, 3.05) is 13.1 Å². The first-order chi connectivity index (χ1) is 13.6. The molecule has 1 aliphatic heterocycles. The zero-order valence-corrected chi connectivity index (χ0v) is 17.9. The summed E-state index contributed by atoms with van der Waals surface area (Å²) in [6.45, 7) is 4.38. The third-order valence-corrected chi connectivity index (χ3v) is 6.61. The molecule has 0 radical (unpaired) electrons. The fourth-order valence-electron chi connectivity index (χ4n) is 3.37. The topological polar surface area (TPSA) is 71.3 Å². The third-order valence-electron chi connectivity index (χ3n) is 4.93. The first-order valence-corrected chi connectivity index (χ1v) is 10.9. The molecule has 1 aliphatic rings. The average molecular weight is 461 g/mol. The predicted octanol–water partition coefficient (Wildman–Crippen LogP) is 4.26. The third kappa shape index (κ3) is 4.51. The minimum absolute atomic E-state index is 0.0141. The van der Waals surface area contributed by atoms with Gasteiger partial charge < -0.3 is 9.84 Å². The fourth-order valence-corrected chi connectivity index (χ4v) is 4.72. The summed E-state index contributed by atoms with van der Waals surface area (Å²) in [5.74, 6) is 1.27. The highest BCUT2D eigenvalue weighted by Gasteiger charge is 2.23. The van der Waals surface area contributed by atoms with Crippen LogP contribution in [0.5, 0.6) is 0 Å². The van der Waals surface area contributed by atoms with Gasteiger partial charge >= 0.3 is 0 Å². The van der Waals surface area contributed by atoms with Crippen molar-refractivity contribution in [1.82, 2.24) is 20.4 Å². The summed E-state index contributed by atoms with van der Waals surface area (Å²) < 4.78 is 6.43. The van der Waals surface area contributed by atoms with Gasteiger partial charge in [-0.3, -0.25) is 9.69 Å². The van der Waals surface area contributed by atoms with Gasteiger partial charge in [0.2, 0.25) is 11.7 Å². The molecule has 3 heterocycles. The molecular weight excluding hydrogens is 440 g/mol. The zero-order valence-electron chi connectivity index (χ0n) is 15.5. The molecule has 1 N–H and O–H groups in total. The molecule has 6 nitrogen and oxygen atoms in total. The Balaban J connectivity index is 1.28. The van der Waals surface area contributed by atoms with Crippen molar-refractivity contribution in [3.05, 3.63) is 57.2 Å². The molecule has 0 bridgehead atoms. The second-order valence-corrected chi connectivity index (χ2v) is 8.81. The number of aromatic nitrogens is 2. The summed E-state index contributed by atoms with van der Waals surface area (Å²) in [6, 6.07) is 9.87. The summed E-state index contributed by atoms with van der Waals surface area (Å²) in [5, 5.41) is 9.25. The second kappa shape index (κ2) is 8.55. The highest BCUT2D eigenvalue weighted by atomic mass is 79.9. The molecule has 0 unspecified atom stereocenters. The molecule has 3 aromatic rings. The Morgan fingerprint density at radius 1 is 1.36 bits per heavy atom. The van der Waals surface area contributed by atoms with Crippen molar-refractivity contribution in [2.24, 2.45) is 0 Å². The molecule has 8 heteroatoms. The Morgan fingerprint density at radius 3 is 2.86 bits per heavy atom. The van der Waals surface area contributed by atoms with E-state index >= 15 is 0 Å². The number of hydrogen-bond donors (Lipinski definition) is 1. The van der Waals surface area contributed by atoms with Gasteiger partial charge in [0.1, 0.15) is 0 Å². The van der Waals surface area contributed by atoms with Crippen LogP contribution in [0.25, 0.3) is 10.7 Å². The lowest BCUT2D eigenvalue weighted by molar-refractivity contribution is 0.0904. The average Bonchev–Trinajstić information content (AvgIpc) is 3.32. The van der Waals surface area contributed by atoms with Crippen molar-refractivity contribution in [2.45, 2.75) is 32.4 Å². The molecule has 28 heavy (non-hydrogen) atoms. The Morgan fingerprint density at radius 2 is 2.14 bits per heavy atom. The van der Waals surface area contributed by atoms with E-state index in [1.807, 2.05) is 42.6 Å². The number of thiophene rings is 1. The van der Waals surface area contributed by atoms with Gasteiger partial charge in [0.25, 0.3) is 5.91 Å². The van der Waals surface area contributed by atoms with Crippen LogP contribution in [0.1, 0.15) is 34.7 Å². The summed E-state index contributed by atoms with van der Waals surface area (Å²) in [7, 11) is 0. The number of carbonyl (C=O) groups excluding carboxylic acids is 1. The van der Waals surface area contributed by atoms with E-state index in [-0.39, 0.29) is 11.9 Å². The molecule has 146 valence electrons. The predicted molar refractivity (Wildman–Crippen MR) is 112 cm³/mol. The number of nitrogens with zero attached hydrogens (tertiary/aromatic N) is 3. The maximum absolute atomic E-state index is 12.5. The molecule has 0 atom stereocenters. The molecule has 1 amide bonds. The Bertz CT molecular complexity index is 963. The van der Waals surface area contributed by atoms with E-state index in [1.165, 1.54) is 0 Å². The van der Waals surface area contributed by atoms with Gasteiger partial charge in [-0.1, -0.05) is 23.4 Å². The van der Waals surface area contributed by atoms with Crippen molar-refractivity contribution in [3.63, 3.8) is 0 Å². The molecule has 0 spiro atoms. The maximum atomic E-state index is 12.5. The van der Waals surface area contributed by atoms with Crippen molar-refractivity contribution in [1.29, 1.82) is 0 Å². The molecule has 1 saturated heterocycles. The number of amides is 1. The van der Waals surface area contributed by atoms with Crippen LogP contribution in [0.3, 0.4) is 0 Å². The van der Waals surface area contributed by atoms with Crippen molar-refractivity contribution >= 4 is 33.2 Å². The van der Waals surface area contributed by atoms with Crippen LogP contribution in [0, 0.1) is 6.92 Å². The van der Waals surface area contributed by atoms with Gasteiger partial charge in [0.05, 0.1) is 11.4 Å². The number of aryl methyl sites for hydroxylation is 1. The minimum Gasteiger partial charge on any atom is -0.349 e. The van der Waals surface area contributed by atoms with E-state index in [1.54, 1.807) is 11.3 Å².